The maximum absolute atomic E-state index is 13.1. The molecule has 1 aromatic heterocycles. The van der Waals surface area contributed by atoms with Crippen molar-refractivity contribution in [3.8, 4) is 0 Å². The molecule has 0 bridgehead atoms. The first-order valence-electron chi connectivity index (χ1n) is 8.48. The Morgan fingerprint density at radius 3 is 2.68 bits per heavy atom. The van der Waals surface area contributed by atoms with Crippen molar-refractivity contribution in [3.63, 3.8) is 0 Å². The van der Waals surface area contributed by atoms with Crippen molar-refractivity contribution in [2.45, 2.75) is 19.3 Å². The van der Waals surface area contributed by atoms with E-state index in [2.05, 4.69) is 5.32 Å². The second kappa shape index (κ2) is 7.96. The SMILES string of the molecule is O=C(NCCc1cccc(F)c1)C1CCN(C(=O)c2ccco2)CC1. The number of benzene rings is 1. The van der Waals surface area contributed by atoms with Gasteiger partial charge in [0.25, 0.3) is 5.91 Å². The molecule has 0 unspecified atom stereocenters. The van der Waals surface area contributed by atoms with Crippen LogP contribution in [0.1, 0.15) is 29.0 Å². The number of nitrogens with one attached hydrogen (secondary N) is 1. The van der Waals surface area contributed by atoms with Gasteiger partial charge in [0, 0.05) is 25.6 Å². The van der Waals surface area contributed by atoms with E-state index in [0.717, 1.165) is 5.56 Å². The molecule has 1 aliphatic rings. The number of nitrogens with zero attached hydrogens (tertiary/aromatic N) is 1. The van der Waals surface area contributed by atoms with Crippen molar-refractivity contribution in [1.82, 2.24) is 10.2 Å². The van der Waals surface area contributed by atoms with E-state index in [9.17, 15) is 14.0 Å². The molecule has 0 aliphatic carbocycles. The van der Waals surface area contributed by atoms with Gasteiger partial charge >= 0.3 is 0 Å². The highest BCUT2D eigenvalue weighted by Crippen LogP contribution is 2.19. The first kappa shape index (κ1) is 17.2. The smallest absolute Gasteiger partial charge is 0.289 e. The number of carbonyl (C=O) groups excluding carboxylic acids is 2. The van der Waals surface area contributed by atoms with Gasteiger partial charge in [-0.1, -0.05) is 12.1 Å². The van der Waals surface area contributed by atoms with Crippen molar-refractivity contribution in [3.05, 3.63) is 59.8 Å². The fraction of sp³-hybridized carbons (Fsp3) is 0.368. The predicted octanol–water partition coefficient (Wildman–Crippen LogP) is 2.63. The van der Waals surface area contributed by atoms with Gasteiger partial charge in [0.15, 0.2) is 5.76 Å². The van der Waals surface area contributed by atoms with Crippen molar-refractivity contribution >= 4 is 11.8 Å². The van der Waals surface area contributed by atoms with Gasteiger partial charge in [0.05, 0.1) is 6.26 Å². The molecule has 2 amide bonds. The maximum atomic E-state index is 13.1. The van der Waals surface area contributed by atoms with Crippen LogP contribution in [0.15, 0.2) is 47.1 Å². The van der Waals surface area contributed by atoms with Crippen molar-refractivity contribution in [2.75, 3.05) is 19.6 Å². The normalized spacial score (nSPS) is 15.2. The summed E-state index contributed by atoms with van der Waals surface area (Å²) in [6.07, 6.45) is 3.35. The minimum absolute atomic E-state index is 0.00139. The van der Waals surface area contributed by atoms with Gasteiger partial charge in [-0.25, -0.2) is 4.39 Å². The molecule has 5 nitrogen and oxygen atoms in total. The molecule has 1 aromatic carbocycles. The topological polar surface area (TPSA) is 62.6 Å². The number of hydrogen-bond donors (Lipinski definition) is 1. The summed E-state index contributed by atoms with van der Waals surface area (Å²) in [6, 6.07) is 9.72. The average Bonchev–Trinajstić information content (AvgIpc) is 3.16. The molecule has 6 heteroatoms. The summed E-state index contributed by atoms with van der Waals surface area (Å²) in [7, 11) is 0. The third kappa shape index (κ3) is 4.47. The summed E-state index contributed by atoms with van der Waals surface area (Å²) in [6.45, 7) is 1.57. The van der Waals surface area contributed by atoms with E-state index >= 15 is 0 Å². The molecular weight excluding hydrogens is 323 g/mol. The highest BCUT2D eigenvalue weighted by molar-refractivity contribution is 5.91. The lowest BCUT2D eigenvalue weighted by Crippen LogP contribution is -2.43. The molecule has 3 rings (SSSR count). The zero-order chi connectivity index (χ0) is 17.6. The first-order chi connectivity index (χ1) is 12.1. The van der Waals surface area contributed by atoms with Crippen LogP contribution in [0.5, 0.6) is 0 Å². The molecule has 0 saturated carbocycles. The third-order valence-corrected chi connectivity index (χ3v) is 4.49. The molecule has 0 atom stereocenters. The number of rotatable bonds is 5. The Morgan fingerprint density at radius 1 is 1.20 bits per heavy atom. The molecule has 1 saturated heterocycles. The summed E-state index contributed by atoms with van der Waals surface area (Å²) in [4.78, 5) is 26.2. The van der Waals surface area contributed by atoms with Gasteiger partial charge in [-0.15, -0.1) is 0 Å². The molecule has 25 heavy (non-hydrogen) atoms. The third-order valence-electron chi connectivity index (χ3n) is 4.49. The number of halogens is 1. The number of furan rings is 1. The average molecular weight is 344 g/mol. The van der Waals surface area contributed by atoms with Gasteiger partial charge in [0.2, 0.25) is 5.91 Å². The molecule has 0 spiro atoms. The zero-order valence-corrected chi connectivity index (χ0v) is 13.9. The Hall–Kier alpha value is -2.63. The molecule has 0 radical (unpaired) electrons. The molecule has 1 N–H and O–H groups in total. The Kier molecular flexibility index (Phi) is 5.48. The summed E-state index contributed by atoms with van der Waals surface area (Å²) < 4.78 is 18.3. The van der Waals surface area contributed by atoms with E-state index in [1.807, 2.05) is 6.07 Å². The second-order valence-electron chi connectivity index (χ2n) is 6.21. The lowest BCUT2D eigenvalue weighted by Gasteiger charge is -2.30. The van der Waals surface area contributed by atoms with Crippen LogP contribution in [0.2, 0.25) is 0 Å². The van der Waals surface area contributed by atoms with Crippen LogP contribution >= 0.6 is 0 Å². The van der Waals surface area contributed by atoms with Gasteiger partial charge in [-0.2, -0.15) is 0 Å². The molecule has 2 heterocycles. The van der Waals surface area contributed by atoms with Crippen LogP contribution in [0.3, 0.4) is 0 Å². The summed E-state index contributed by atoms with van der Waals surface area (Å²) in [5.41, 5.74) is 0.860. The Labute approximate surface area is 145 Å². The number of amides is 2. The molecule has 1 fully saturated rings. The summed E-state index contributed by atoms with van der Waals surface area (Å²) in [5.74, 6) is -0.153. The van der Waals surface area contributed by atoms with Crippen molar-refractivity contribution in [2.24, 2.45) is 5.92 Å². The van der Waals surface area contributed by atoms with Gasteiger partial charge in [-0.05, 0) is 49.1 Å². The van der Waals surface area contributed by atoms with E-state index in [4.69, 9.17) is 4.42 Å². The molecule has 1 aliphatic heterocycles. The van der Waals surface area contributed by atoms with E-state index in [1.165, 1.54) is 18.4 Å². The van der Waals surface area contributed by atoms with E-state index < -0.39 is 0 Å². The van der Waals surface area contributed by atoms with E-state index in [0.29, 0.717) is 44.7 Å². The standard InChI is InChI=1S/C19H21FN2O3/c20-16-4-1-3-14(13-16)6-9-21-18(23)15-7-10-22(11-8-15)19(24)17-5-2-12-25-17/h1-5,12-13,15H,6-11H2,(H,21,23). The van der Waals surface area contributed by atoms with Gasteiger partial charge in [0.1, 0.15) is 5.82 Å². The first-order valence-corrected chi connectivity index (χ1v) is 8.48. The molecular formula is C19H21FN2O3. The Bertz CT molecular complexity index is 722. The minimum atomic E-state index is -0.266. The molecule has 2 aromatic rings. The van der Waals surface area contributed by atoms with Crippen molar-refractivity contribution < 1.29 is 18.4 Å². The van der Waals surface area contributed by atoms with E-state index in [1.54, 1.807) is 23.1 Å². The largest absolute Gasteiger partial charge is 0.459 e. The van der Waals surface area contributed by atoms with Crippen LogP contribution in [0.25, 0.3) is 0 Å². The fourth-order valence-electron chi connectivity index (χ4n) is 3.07. The number of likely N-dealkylation sites (tertiary alicyclic amines) is 1. The lowest BCUT2D eigenvalue weighted by atomic mass is 9.95. The van der Waals surface area contributed by atoms with E-state index in [-0.39, 0.29) is 23.5 Å². The highest BCUT2D eigenvalue weighted by Gasteiger charge is 2.28. The number of piperidine rings is 1. The number of hydrogen-bond acceptors (Lipinski definition) is 3. The highest BCUT2D eigenvalue weighted by atomic mass is 19.1. The molecule has 132 valence electrons. The van der Waals surface area contributed by atoms with Crippen LogP contribution in [0.4, 0.5) is 4.39 Å². The number of carbonyl (C=O) groups is 2. The van der Waals surface area contributed by atoms with Crippen LogP contribution in [-0.2, 0) is 11.2 Å². The van der Waals surface area contributed by atoms with Crippen LogP contribution in [0, 0.1) is 11.7 Å². The maximum Gasteiger partial charge on any atom is 0.289 e. The van der Waals surface area contributed by atoms with Crippen LogP contribution in [-0.4, -0.2) is 36.3 Å². The zero-order valence-electron chi connectivity index (χ0n) is 13.9. The lowest BCUT2D eigenvalue weighted by molar-refractivity contribution is -0.126. The van der Waals surface area contributed by atoms with Gasteiger partial charge < -0.3 is 14.6 Å². The second-order valence-corrected chi connectivity index (χ2v) is 6.21. The quantitative estimate of drug-likeness (QED) is 0.907. The summed E-state index contributed by atoms with van der Waals surface area (Å²) in [5, 5.41) is 2.91. The fourth-order valence-corrected chi connectivity index (χ4v) is 3.07. The van der Waals surface area contributed by atoms with Crippen LogP contribution < -0.4 is 5.32 Å². The van der Waals surface area contributed by atoms with Crippen molar-refractivity contribution in [1.29, 1.82) is 0 Å². The minimum Gasteiger partial charge on any atom is -0.459 e. The van der Waals surface area contributed by atoms with Gasteiger partial charge in [-0.3, -0.25) is 9.59 Å². The Balaban J connectivity index is 1.41. The monoisotopic (exact) mass is 344 g/mol. The predicted molar refractivity (Wildman–Crippen MR) is 90.4 cm³/mol. The Morgan fingerprint density at radius 2 is 2.00 bits per heavy atom. The summed E-state index contributed by atoms with van der Waals surface area (Å²) >= 11 is 0.